The van der Waals surface area contributed by atoms with Crippen LogP contribution in [0.2, 0.25) is 0 Å². The summed E-state index contributed by atoms with van der Waals surface area (Å²) in [4.78, 5) is 10.4. The lowest BCUT2D eigenvalue weighted by molar-refractivity contribution is -0.385. The van der Waals surface area contributed by atoms with Crippen molar-refractivity contribution in [3.63, 3.8) is 0 Å². The highest BCUT2D eigenvalue weighted by atomic mass is 16.6. The largest absolute Gasteiger partial charge is 0.385 e. The summed E-state index contributed by atoms with van der Waals surface area (Å²) in [6.45, 7) is 3.49. The number of nitrogens with one attached hydrogen (secondary N) is 1. The van der Waals surface area contributed by atoms with Crippen LogP contribution in [-0.4, -0.2) is 26.2 Å². The molecule has 0 unspecified atom stereocenters. The summed E-state index contributed by atoms with van der Waals surface area (Å²) in [5.41, 5.74) is 1.70. The van der Waals surface area contributed by atoms with Crippen LogP contribution in [-0.2, 0) is 19.4 Å². The van der Waals surface area contributed by atoms with E-state index in [1.165, 1.54) is 18.9 Å². The molecule has 2 aromatic rings. The molecule has 0 atom stereocenters. The second-order valence-corrected chi connectivity index (χ2v) is 5.58. The third-order valence-corrected chi connectivity index (χ3v) is 4.01. The van der Waals surface area contributed by atoms with Gasteiger partial charge in [0.1, 0.15) is 11.6 Å². The van der Waals surface area contributed by atoms with Gasteiger partial charge in [-0.15, -0.1) is 10.2 Å². The topological polar surface area (TPSA) is 85.9 Å². The number of anilines is 1. The fourth-order valence-electron chi connectivity index (χ4n) is 2.84. The average Bonchev–Trinajstić information content (AvgIpc) is 2.90. The minimum Gasteiger partial charge on any atom is -0.385 e. The zero-order valence-corrected chi connectivity index (χ0v) is 12.6. The maximum atomic E-state index is 10.8. The predicted molar refractivity (Wildman–Crippen MR) is 83.0 cm³/mol. The first-order chi connectivity index (χ1) is 10.6. The van der Waals surface area contributed by atoms with E-state index in [9.17, 15) is 10.1 Å². The molecule has 0 radical (unpaired) electrons. The maximum Gasteiger partial charge on any atom is 0.272 e. The Bertz CT molecular complexity index is 695. The first kappa shape index (κ1) is 14.5. The molecule has 1 aromatic carbocycles. The van der Waals surface area contributed by atoms with E-state index in [4.69, 9.17) is 0 Å². The van der Waals surface area contributed by atoms with Gasteiger partial charge in [-0.3, -0.25) is 10.1 Å². The number of benzene rings is 1. The average molecular weight is 301 g/mol. The number of rotatable bonds is 5. The molecule has 0 saturated carbocycles. The van der Waals surface area contributed by atoms with Crippen LogP contribution in [0.3, 0.4) is 0 Å². The summed E-state index contributed by atoms with van der Waals surface area (Å²) < 4.78 is 2.21. The zero-order valence-electron chi connectivity index (χ0n) is 12.6. The van der Waals surface area contributed by atoms with Gasteiger partial charge in [-0.2, -0.15) is 0 Å². The first-order valence-electron chi connectivity index (χ1n) is 7.55. The van der Waals surface area contributed by atoms with Crippen molar-refractivity contribution >= 4 is 11.4 Å². The predicted octanol–water partition coefficient (Wildman–Crippen LogP) is 2.49. The highest BCUT2D eigenvalue weighted by Gasteiger charge is 2.15. The Morgan fingerprint density at radius 3 is 3.00 bits per heavy atom. The Hall–Kier alpha value is -2.44. The molecule has 22 heavy (non-hydrogen) atoms. The van der Waals surface area contributed by atoms with Gasteiger partial charge in [0.25, 0.3) is 5.69 Å². The van der Waals surface area contributed by atoms with Gasteiger partial charge in [0, 0.05) is 43.2 Å². The van der Waals surface area contributed by atoms with E-state index in [2.05, 4.69) is 20.1 Å². The highest BCUT2D eigenvalue weighted by Crippen LogP contribution is 2.21. The Kier molecular flexibility index (Phi) is 4.04. The highest BCUT2D eigenvalue weighted by molar-refractivity contribution is 5.53. The van der Waals surface area contributed by atoms with E-state index in [-0.39, 0.29) is 10.6 Å². The molecule has 0 fully saturated rings. The molecule has 0 amide bonds. The normalized spacial score (nSPS) is 13.7. The van der Waals surface area contributed by atoms with Crippen molar-refractivity contribution in [2.24, 2.45) is 0 Å². The summed E-state index contributed by atoms with van der Waals surface area (Å²) in [5, 5.41) is 22.6. The Balaban J connectivity index is 1.60. The number of fused-ring (bicyclic) bond motifs is 1. The van der Waals surface area contributed by atoms with E-state index in [0.29, 0.717) is 5.56 Å². The van der Waals surface area contributed by atoms with Gasteiger partial charge in [-0.05, 0) is 31.9 Å². The van der Waals surface area contributed by atoms with Crippen molar-refractivity contribution < 1.29 is 4.92 Å². The number of aryl methyl sites for hydroxylation is 2. The zero-order chi connectivity index (χ0) is 15.5. The van der Waals surface area contributed by atoms with Gasteiger partial charge >= 0.3 is 0 Å². The summed E-state index contributed by atoms with van der Waals surface area (Å²) in [7, 11) is 0. The first-order valence-corrected chi connectivity index (χ1v) is 7.55. The SMILES string of the molecule is Cc1cc(NCCc2nnc3n2CCCC3)ccc1[N+](=O)[O-]. The summed E-state index contributed by atoms with van der Waals surface area (Å²) in [6, 6.07) is 5.08. The van der Waals surface area contributed by atoms with Gasteiger partial charge in [0.2, 0.25) is 0 Å². The minimum atomic E-state index is -0.360. The van der Waals surface area contributed by atoms with Crippen molar-refractivity contribution in [3.05, 3.63) is 45.5 Å². The summed E-state index contributed by atoms with van der Waals surface area (Å²) in [6.07, 6.45) is 4.19. The van der Waals surface area contributed by atoms with Crippen LogP contribution in [0.25, 0.3) is 0 Å². The van der Waals surface area contributed by atoms with Gasteiger partial charge in [-0.1, -0.05) is 0 Å². The van der Waals surface area contributed by atoms with Crippen LogP contribution < -0.4 is 5.32 Å². The van der Waals surface area contributed by atoms with Crippen LogP contribution in [0.15, 0.2) is 18.2 Å². The van der Waals surface area contributed by atoms with Crippen molar-refractivity contribution in [2.45, 2.75) is 39.2 Å². The number of nitrogens with zero attached hydrogens (tertiary/aromatic N) is 4. The molecule has 3 rings (SSSR count). The number of hydrogen-bond acceptors (Lipinski definition) is 5. The molecule has 1 aromatic heterocycles. The monoisotopic (exact) mass is 301 g/mol. The van der Waals surface area contributed by atoms with E-state index >= 15 is 0 Å². The van der Waals surface area contributed by atoms with E-state index < -0.39 is 0 Å². The molecule has 0 spiro atoms. The number of nitro benzene ring substituents is 1. The Labute approximate surface area is 128 Å². The van der Waals surface area contributed by atoms with Crippen LogP contribution in [0, 0.1) is 17.0 Å². The molecule has 1 aliphatic heterocycles. The summed E-state index contributed by atoms with van der Waals surface area (Å²) >= 11 is 0. The molecule has 7 nitrogen and oxygen atoms in total. The van der Waals surface area contributed by atoms with Crippen molar-refractivity contribution in [2.75, 3.05) is 11.9 Å². The number of aromatic nitrogens is 3. The third kappa shape index (κ3) is 2.93. The van der Waals surface area contributed by atoms with Crippen molar-refractivity contribution in [1.82, 2.24) is 14.8 Å². The molecule has 116 valence electrons. The Morgan fingerprint density at radius 2 is 2.23 bits per heavy atom. The summed E-state index contributed by atoms with van der Waals surface area (Å²) in [5.74, 6) is 2.10. The lowest BCUT2D eigenvalue weighted by Crippen LogP contribution is -2.15. The molecule has 7 heteroatoms. The van der Waals surface area contributed by atoms with E-state index in [0.717, 1.165) is 43.3 Å². The second-order valence-electron chi connectivity index (χ2n) is 5.58. The smallest absolute Gasteiger partial charge is 0.272 e. The fraction of sp³-hybridized carbons (Fsp3) is 0.467. The molecule has 1 aliphatic rings. The van der Waals surface area contributed by atoms with Crippen LogP contribution in [0.4, 0.5) is 11.4 Å². The van der Waals surface area contributed by atoms with E-state index in [1.807, 2.05) is 0 Å². The molecule has 1 N–H and O–H groups in total. The molecular weight excluding hydrogens is 282 g/mol. The van der Waals surface area contributed by atoms with Crippen molar-refractivity contribution in [3.8, 4) is 0 Å². The maximum absolute atomic E-state index is 10.8. The van der Waals surface area contributed by atoms with Gasteiger partial charge in [0.05, 0.1) is 4.92 Å². The standard InChI is InChI=1S/C15H19N5O2/c1-11-10-12(5-6-13(11)20(21)22)16-8-7-15-18-17-14-4-2-3-9-19(14)15/h5-6,10,16H,2-4,7-9H2,1H3. The van der Waals surface area contributed by atoms with Gasteiger partial charge in [-0.25, -0.2) is 0 Å². The van der Waals surface area contributed by atoms with Crippen LogP contribution >= 0.6 is 0 Å². The Morgan fingerprint density at radius 1 is 1.36 bits per heavy atom. The van der Waals surface area contributed by atoms with Gasteiger partial charge < -0.3 is 9.88 Å². The number of nitro groups is 1. The van der Waals surface area contributed by atoms with Crippen LogP contribution in [0.1, 0.15) is 30.1 Å². The molecular formula is C15H19N5O2. The minimum absolute atomic E-state index is 0.150. The fourth-order valence-corrected chi connectivity index (χ4v) is 2.84. The molecule has 0 saturated heterocycles. The molecule has 0 aliphatic carbocycles. The molecule has 0 bridgehead atoms. The lowest BCUT2D eigenvalue weighted by Gasteiger charge is -2.15. The number of hydrogen-bond donors (Lipinski definition) is 1. The molecule has 2 heterocycles. The van der Waals surface area contributed by atoms with Crippen molar-refractivity contribution in [1.29, 1.82) is 0 Å². The van der Waals surface area contributed by atoms with E-state index in [1.54, 1.807) is 19.1 Å². The second kappa shape index (κ2) is 6.13. The third-order valence-electron chi connectivity index (χ3n) is 4.01. The lowest BCUT2D eigenvalue weighted by atomic mass is 10.1. The van der Waals surface area contributed by atoms with Gasteiger partial charge in [0.15, 0.2) is 0 Å². The quantitative estimate of drug-likeness (QED) is 0.677. The van der Waals surface area contributed by atoms with Crippen LogP contribution in [0.5, 0.6) is 0 Å².